The zero-order valence-corrected chi connectivity index (χ0v) is 25.7. The molecule has 2 fully saturated rings. The summed E-state index contributed by atoms with van der Waals surface area (Å²) in [5, 5.41) is 2.92. The quantitative estimate of drug-likeness (QED) is 0.407. The number of hydrogen-bond donors (Lipinski definition) is 1. The maximum atomic E-state index is 13.9. The van der Waals surface area contributed by atoms with Crippen LogP contribution in [0.25, 0.3) is 0 Å². The van der Waals surface area contributed by atoms with E-state index in [0.29, 0.717) is 24.1 Å². The second kappa shape index (κ2) is 10.7. The molecule has 222 valence electrons. The Bertz CT molecular complexity index is 1760. The molecule has 1 amide bonds. The average Bonchev–Trinajstić information content (AvgIpc) is 3.74. The van der Waals surface area contributed by atoms with E-state index in [9.17, 15) is 26.0 Å². The lowest BCUT2D eigenvalue weighted by Crippen LogP contribution is -2.40. The summed E-state index contributed by atoms with van der Waals surface area (Å²) >= 11 is 1.72. The molecule has 2 aliphatic heterocycles. The number of nitrogens with zero attached hydrogens (tertiary/aromatic N) is 2. The first-order valence-electron chi connectivity index (χ1n) is 13.8. The summed E-state index contributed by atoms with van der Waals surface area (Å²) in [5.41, 5.74) is 2.03. The van der Waals surface area contributed by atoms with Crippen LogP contribution in [0.15, 0.2) is 76.5 Å². The van der Waals surface area contributed by atoms with Gasteiger partial charge in [-0.1, -0.05) is 12.1 Å². The molecule has 1 saturated carbocycles. The molecule has 8 nitrogen and oxygen atoms in total. The number of hydrogen-bond acceptors (Lipinski definition) is 6. The highest BCUT2D eigenvalue weighted by Crippen LogP contribution is 2.55. The first-order valence-corrected chi connectivity index (χ1v) is 17.7. The Morgan fingerprint density at radius 1 is 1.00 bits per heavy atom. The fourth-order valence-electron chi connectivity index (χ4n) is 5.81. The number of rotatable bonds is 7. The molecule has 3 aromatic carbocycles. The Kier molecular flexibility index (Phi) is 7.40. The van der Waals surface area contributed by atoms with Crippen molar-refractivity contribution in [3.05, 3.63) is 89.2 Å². The zero-order chi connectivity index (χ0) is 29.9. The smallest absolute Gasteiger partial charge is 0.264 e. The Hall–Kier alpha value is -2.93. The van der Waals surface area contributed by atoms with Crippen molar-refractivity contribution in [1.29, 1.82) is 0 Å². The van der Waals surface area contributed by atoms with Gasteiger partial charge in [0.25, 0.3) is 15.9 Å². The molecule has 2 unspecified atom stereocenters. The van der Waals surface area contributed by atoms with Gasteiger partial charge >= 0.3 is 0 Å². The van der Waals surface area contributed by atoms with E-state index in [1.54, 1.807) is 42.1 Å². The monoisotopic (exact) mass is 629 g/mol. The van der Waals surface area contributed by atoms with Crippen molar-refractivity contribution in [2.45, 2.75) is 52.2 Å². The van der Waals surface area contributed by atoms with Gasteiger partial charge in [-0.15, -0.1) is 0 Å². The lowest BCUT2D eigenvalue weighted by molar-refractivity contribution is 0.0951. The Balaban J connectivity index is 1.41. The van der Waals surface area contributed by atoms with Crippen LogP contribution in [-0.2, 0) is 25.5 Å². The first kappa shape index (κ1) is 29.2. The molecule has 0 aromatic heterocycles. The molecule has 2 atom stereocenters. The van der Waals surface area contributed by atoms with Crippen LogP contribution in [0.2, 0.25) is 0 Å². The van der Waals surface area contributed by atoms with E-state index in [0.717, 1.165) is 41.9 Å². The number of benzene rings is 3. The van der Waals surface area contributed by atoms with Crippen molar-refractivity contribution >= 4 is 43.4 Å². The Morgan fingerprint density at radius 3 is 2.43 bits per heavy atom. The van der Waals surface area contributed by atoms with Crippen molar-refractivity contribution in [1.82, 2.24) is 9.62 Å². The predicted octanol–water partition coefficient (Wildman–Crippen LogP) is 4.68. The summed E-state index contributed by atoms with van der Waals surface area (Å²) in [5.74, 6) is 0.0142. The topological polar surface area (TPSA) is 104 Å². The van der Waals surface area contributed by atoms with Crippen LogP contribution in [0.1, 0.15) is 52.4 Å². The molecular formula is C30H32FN3O5S3. The minimum absolute atomic E-state index is 0.00854. The van der Waals surface area contributed by atoms with Gasteiger partial charge in [-0.25, -0.2) is 25.5 Å². The van der Waals surface area contributed by atoms with Crippen LogP contribution in [0.4, 0.5) is 10.1 Å². The third-order valence-electron chi connectivity index (χ3n) is 8.34. The van der Waals surface area contributed by atoms with Crippen LogP contribution in [0.5, 0.6) is 0 Å². The summed E-state index contributed by atoms with van der Waals surface area (Å²) in [4.78, 5) is 13.2. The number of sulfonamides is 2. The van der Waals surface area contributed by atoms with E-state index in [4.69, 9.17) is 0 Å². The van der Waals surface area contributed by atoms with E-state index < -0.39 is 31.3 Å². The van der Waals surface area contributed by atoms with E-state index in [-0.39, 0.29) is 33.5 Å². The number of carbonyl (C=O) groups is 1. The molecule has 42 heavy (non-hydrogen) atoms. The summed E-state index contributed by atoms with van der Waals surface area (Å²) in [6, 6.07) is 17.1. The fourth-order valence-corrected chi connectivity index (χ4v) is 9.91. The van der Waals surface area contributed by atoms with Gasteiger partial charge in [0.15, 0.2) is 0 Å². The summed E-state index contributed by atoms with van der Waals surface area (Å²) < 4.78 is 69.8. The maximum Gasteiger partial charge on any atom is 0.264 e. The fraction of sp³-hybridized carbons (Fsp3) is 0.367. The zero-order valence-electron chi connectivity index (χ0n) is 23.3. The third-order valence-corrected chi connectivity index (χ3v) is 13.2. The normalized spacial score (nSPS) is 22.4. The Morgan fingerprint density at radius 2 is 1.74 bits per heavy atom. The molecule has 1 N–H and O–H groups in total. The molecule has 1 spiro atoms. The van der Waals surface area contributed by atoms with Gasteiger partial charge in [-0.2, -0.15) is 11.8 Å². The number of halogens is 1. The molecule has 1 aliphatic carbocycles. The molecule has 3 aromatic rings. The largest absolute Gasteiger partial charge is 0.349 e. The van der Waals surface area contributed by atoms with Gasteiger partial charge in [0.05, 0.1) is 15.5 Å². The van der Waals surface area contributed by atoms with Crippen molar-refractivity contribution < 1.29 is 26.0 Å². The van der Waals surface area contributed by atoms with Crippen molar-refractivity contribution in [2.75, 3.05) is 30.7 Å². The van der Waals surface area contributed by atoms with Gasteiger partial charge in [0.2, 0.25) is 10.0 Å². The number of fused-ring (bicyclic) bond motifs is 2. The van der Waals surface area contributed by atoms with Crippen LogP contribution in [0, 0.1) is 5.82 Å². The molecule has 6 rings (SSSR count). The molecule has 1 saturated heterocycles. The Labute approximate surface area is 250 Å². The minimum atomic E-state index is -4.03. The SMILES string of the molecule is CN(C)S(=O)(=O)c1cccc(C2CC3(CCS2)CN(S(=O)(=O)c2ccc(F)cc2)c2ccc(C(=O)NC4CC4)cc23)c1. The number of anilines is 1. The van der Waals surface area contributed by atoms with Gasteiger partial charge in [-0.05, 0) is 97.2 Å². The van der Waals surface area contributed by atoms with Crippen LogP contribution >= 0.6 is 11.8 Å². The molecular weight excluding hydrogens is 598 g/mol. The maximum absolute atomic E-state index is 13.9. The van der Waals surface area contributed by atoms with E-state index in [1.807, 2.05) is 12.1 Å². The number of nitrogens with one attached hydrogen (secondary N) is 1. The standard InChI is InChI=1S/C30H32FN3O5S3/c1-33(2)41(36,37)25-5-3-4-20(16-25)28-18-30(14-15-40-28)19-34(42(38,39)24-11-7-22(31)8-12-24)27-13-6-21(17-26(27)30)29(35)32-23-9-10-23/h3-8,11-13,16-17,23,28H,9-10,14-15,18-19H2,1-2H3,(H,32,35). The lowest BCUT2D eigenvalue weighted by atomic mass is 9.74. The number of carbonyl (C=O) groups excluding carboxylic acids is 1. The third kappa shape index (κ3) is 5.23. The second-order valence-corrected chi connectivity index (χ2v) is 16.7. The molecule has 0 radical (unpaired) electrons. The van der Waals surface area contributed by atoms with Crippen molar-refractivity contribution in [2.24, 2.45) is 0 Å². The van der Waals surface area contributed by atoms with Crippen LogP contribution in [-0.4, -0.2) is 59.5 Å². The number of thioether (sulfide) groups is 1. The lowest BCUT2D eigenvalue weighted by Gasteiger charge is -2.39. The highest BCUT2D eigenvalue weighted by Gasteiger charge is 2.50. The molecule has 0 bridgehead atoms. The van der Waals surface area contributed by atoms with Gasteiger partial charge in [0.1, 0.15) is 5.82 Å². The summed E-state index contributed by atoms with van der Waals surface area (Å²) in [7, 11) is -4.67. The minimum Gasteiger partial charge on any atom is -0.349 e. The first-order chi connectivity index (χ1) is 19.9. The highest BCUT2D eigenvalue weighted by molar-refractivity contribution is 7.99. The van der Waals surface area contributed by atoms with Gasteiger partial charge < -0.3 is 5.32 Å². The summed E-state index contributed by atoms with van der Waals surface area (Å²) in [6.07, 6.45) is 3.14. The van der Waals surface area contributed by atoms with Crippen molar-refractivity contribution in [3.63, 3.8) is 0 Å². The molecule has 2 heterocycles. The highest BCUT2D eigenvalue weighted by atomic mass is 32.2. The summed E-state index contributed by atoms with van der Waals surface area (Å²) in [6.45, 7) is 0.169. The van der Waals surface area contributed by atoms with Crippen LogP contribution < -0.4 is 9.62 Å². The van der Waals surface area contributed by atoms with Crippen LogP contribution in [0.3, 0.4) is 0 Å². The molecule has 12 heteroatoms. The van der Waals surface area contributed by atoms with Crippen molar-refractivity contribution in [3.8, 4) is 0 Å². The second-order valence-electron chi connectivity index (χ2n) is 11.4. The molecule has 3 aliphatic rings. The predicted molar refractivity (Wildman–Crippen MR) is 161 cm³/mol. The van der Waals surface area contributed by atoms with E-state index >= 15 is 0 Å². The average molecular weight is 630 g/mol. The van der Waals surface area contributed by atoms with Gasteiger partial charge in [-0.3, -0.25) is 9.10 Å². The van der Waals surface area contributed by atoms with E-state index in [1.165, 1.54) is 34.8 Å². The number of amides is 1. The van der Waals surface area contributed by atoms with Gasteiger partial charge in [0, 0.05) is 42.9 Å². The van der Waals surface area contributed by atoms with E-state index in [2.05, 4.69) is 5.32 Å².